The van der Waals surface area contributed by atoms with Crippen molar-refractivity contribution in [3.8, 4) is 0 Å². The Morgan fingerprint density at radius 2 is 1.79 bits per heavy atom. The maximum absolute atomic E-state index is 13.8. The van der Waals surface area contributed by atoms with E-state index in [1.54, 1.807) is 0 Å². The van der Waals surface area contributed by atoms with Gasteiger partial charge in [-0.1, -0.05) is 27.4 Å². The molecule has 4 saturated carbocycles. The van der Waals surface area contributed by atoms with Gasteiger partial charge in [-0.25, -0.2) is 0 Å². The number of esters is 1. The van der Waals surface area contributed by atoms with Gasteiger partial charge >= 0.3 is 5.97 Å². The summed E-state index contributed by atoms with van der Waals surface area (Å²) in [5, 5.41) is 33.7. The zero-order valence-corrected chi connectivity index (χ0v) is 17.1. The first-order valence-corrected chi connectivity index (χ1v) is 10.4. The topological polar surface area (TPSA) is 104 Å². The summed E-state index contributed by atoms with van der Waals surface area (Å²) < 4.78 is 5.59. The normalized spacial score (nSPS) is 52.0. The predicted molar refractivity (Wildman–Crippen MR) is 101 cm³/mol. The van der Waals surface area contributed by atoms with E-state index in [0.717, 1.165) is 0 Å². The lowest BCUT2D eigenvalue weighted by molar-refractivity contribution is -0.252. The molecule has 0 amide bonds. The van der Waals surface area contributed by atoms with Crippen LogP contribution in [0, 0.1) is 34.0 Å². The molecule has 0 saturated heterocycles. The number of carbonyl (C=O) groups is 2. The van der Waals surface area contributed by atoms with Crippen molar-refractivity contribution >= 4 is 11.8 Å². The Bertz CT molecular complexity index is 743. The molecule has 0 aliphatic heterocycles. The first kappa shape index (κ1) is 20.0. The lowest BCUT2D eigenvalue weighted by Crippen LogP contribution is -2.74. The molecule has 6 heteroatoms. The summed E-state index contributed by atoms with van der Waals surface area (Å²) in [6, 6.07) is 0. The summed E-state index contributed by atoms with van der Waals surface area (Å²) in [6.07, 6.45) is -1.53. The SMILES string of the molecule is C=C1C2CCC3C4(C)C(O)CCC(C)(C)C4C(O)C(=O)C3(C1OC(C)=O)C2O. The van der Waals surface area contributed by atoms with Crippen molar-refractivity contribution in [1.82, 2.24) is 0 Å². The molecule has 6 nitrogen and oxygen atoms in total. The number of rotatable bonds is 1. The van der Waals surface area contributed by atoms with Crippen molar-refractivity contribution in [2.24, 2.45) is 34.0 Å². The van der Waals surface area contributed by atoms with E-state index in [2.05, 4.69) is 6.58 Å². The first-order chi connectivity index (χ1) is 12.9. The van der Waals surface area contributed by atoms with Crippen LogP contribution in [0.15, 0.2) is 12.2 Å². The van der Waals surface area contributed by atoms with E-state index in [0.29, 0.717) is 31.3 Å². The van der Waals surface area contributed by atoms with Gasteiger partial charge in [0.2, 0.25) is 0 Å². The summed E-state index contributed by atoms with van der Waals surface area (Å²) in [6.45, 7) is 11.4. The summed E-state index contributed by atoms with van der Waals surface area (Å²) in [5.74, 6) is -2.17. The van der Waals surface area contributed by atoms with Crippen molar-refractivity contribution in [1.29, 1.82) is 0 Å². The number of carbonyl (C=O) groups excluding carboxylic acids is 2. The second-order valence-corrected chi connectivity index (χ2v) is 10.4. The van der Waals surface area contributed by atoms with E-state index in [4.69, 9.17) is 4.74 Å². The molecule has 0 heterocycles. The third-order valence-corrected chi connectivity index (χ3v) is 8.80. The van der Waals surface area contributed by atoms with Gasteiger partial charge in [0, 0.05) is 24.2 Å². The van der Waals surface area contributed by atoms with Crippen LogP contribution in [0.3, 0.4) is 0 Å². The number of Topliss-reactive ketones (excluding diaryl/α,β-unsaturated/α-hetero) is 1. The number of aliphatic hydroxyl groups excluding tert-OH is 3. The van der Waals surface area contributed by atoms with E-state index in [1.807, 2.05) is 20.8 Å². The van der Waals surface area contributed by atoms with Crippen LogP contribution in [0.5, 0.6) is 0 Å². The number of aliphatic hydroxyl groups is 3. The number of hydrogen-bond acceptors (Lipinski definition) is 6. The molecule has 0 radical (unpaired) electrons. The Hall–Kier alpha value is -1.24. The fraction of sp³-hybridized carbons (Fsp3) is 0.818. The molecule has 0 aromatic rings. The van der Waals surface area contributed by atoms with Crippen molar-refractivity contribution < 1.29 is 29.6 Å². The van der Waals surface area contributed by atoms with Gasteiger partial charge in [-0.2, -0.15) is 0 Å². The van der Waals surface area contributed by atoms with Crippen molar-refractivity contribution in [2.45, 2.75) is 77.8 Å². The molecule has 4 aliphatic rings. The number of fused-ring (bicyclic) bond motifs is 3. The molecule has 1 spiro atoms. The first-order valence-electron chi connectivity index (χ1n) is 10.4. The average Bonchev–Trinajstić information content (AvgIpc) is 2.72. The van der Waals surface area contributed by atoms with Crippen LogP contribution in [0.4, 0.5) is 0 Å². The molecule has 2 bridgehead atoms. The van der Waals surface area contributed by atoms with E-state index in [1.165, 1.54) is 6.92 Å². The molecule has 3 N–H and O–H groups in total. The monoisotopic (exact) mass is 392 g/mol. The molecule has 156 valence electrons. The van der Waals surface area contributed by atoms with Crippen molar-refractivity contribution in [2.75, 3.05) is 0 Å². The minimum absolute atomic E-state index is 0.334. The minimum Gasteiger partial charge on any atom is -0.457 e. The van der Waals surface area contributed by atoms with Crippen LogP contribution < -0.4 is 0 Å². The molecule has 0 aromatic heterocycles. The average molecular weight is 392 g/mol. The van der Waals surface area contributed by atoms with Gasteiger partial charge in [0.1, 0.15) is 17.6 Å². The number of ether oxygens (including phenoxy) is 1. The molecule has 9 unspecified atom stereocenters. The fourth-order valence-corrected chi connectivity index (χ4v) is 7.77. The summed E-state index contributed by atoms with van der Waals surface area (Å²) >= 11 is 0. The Morgan fingerprint density at radius 1 is 1.14 bits per heavy atom. The Morgan fingerprint density at radius 3 is 2.39 bits per heavy atom. The molecule has 4 aliphatic carbocycles. The Kier molecular flexibility index (Phi) is 4.22. The summed E-state index contributed by atoms with van der Waals surface area (Å²) in [4.78, 5) is 25.6. The third-order valence-electron chi connectivity index (χ3n) is 8.80. The smallest absolute Gasteiger partial charge is 0.303 e. The quantitative estimate of drug-likeness (QED) is 0.463. The van der Waals surface area contributed by atoms with Crippen LogP contribution in [0.1, 0.15) is 53.4 Å². The van der Waals surface area contributed by atoms with Gasteiger partial charge in [-0.05, 0) is 42.6 Å². The highest BCUT2D eigenvalue weighted by atomic mass is 16.5. The van der Waals surface area contributed by atoms with Crippen LogP contribution in [0.25, 0.3) is 0 Å². The van der Waals surface area contributed by atoms with Crippen molar-refractivity contribution in [3.05, 3.63) is 12.2 Å². The highest BCUT2D eigenvalue weighted by Crippen LogP contribution is 2.71. The second kappa shape index (κ2) is 5.89. The fourth-order valence-electron chi connectivity index (χ4n) is 7.77. The van der Waals surface area contributed by atoms with Crippen LogP contribution in [-0.4, -0.2) is 51.5 Å². The zero-order chi connectivity index (χ0) is 20.8. The summed E-state index contributed by atoms with van der Waals surface area (Å²) in [5.41, 5.74) is -1.99. The molecule has 28 heavy (non-hydrogen) atoms. The van der Waals surface area contributed by atoms with E-state index in [9.17, 15) is 24.9 Å². The van der Waals surface area contributed by atoms with Gasteiger partial charge in [0.15, 0.2) is 5.78 Å². The maximum atomic E-state index is 13.8. The number of ketones is 1. The molecule has 9 atom stereocenters. The van der Waals surface area contributed by atoms with Crippen LogP contribution in [0.2, 0.25) is 0 Å². The Balaban J connectivity index is 1.95. The predicted octanol–water partition coefficient (Wildman–Crippen LogP) is 1.61. The second-order valence-electron chi connectivity index (χ2n) is 10.4. The standard InChI is InChI=1S/C22H32O6/c1-10-12-6-7-13-21(5)14(24)8-9-20(3,4)16(21)15(25)18(27)22(13,17(12)26)19(10)28-11(2)23/h12-17,19,24-26H,1,6-9H2,2-5H3. The molecular weight excluding hydrogens is 360 g/mol. The van der Waals surface area contributed by atoms with Crippen LogP contribution in [-0.2, 0) is 14.3 Å². The molecule has 4 rings (SSSR count). The minimum atomic E-state index is -1.44. The summed E-state index contributed by atoms with van der Waals surface area (Å²) in [7, 11) is 0. The van der Waals surface area contributed by atoms with Crippen molar-refractivity contribution in [3.63, 3.8) is 0 Å². The van der Waals surface area contributed by atoms with Gasteiger partial charge in [0.05, 0.1) is 12.2 Å². The highest BCUT2D eigenvalue weighted by Gasteiger charge is 2.78. The van der Waals surface area contributed by atoms with Crippen LogP contribution >= 0.6 is 0 Å². The maximum Gasteiger partial charge on any atom is 0.303 e. The van der Waals surface area contributed by atoms with Gasteiger partial charge in [-0.15, -0.1) is 0 Å². The molecule has 4 fully saturated rings. The molecular formula is C22H32O6. The van der Waals surface area contributed by atoms with E-state index < -0.39 is 58.8 Å². The largest absolute Gasteiger partial charge is 0.457 e. The van der Waals surface area contributed by atoms with E-state index >= 15 is 0 Å². The van der Waals surface area contributed by atoms with Gasteiger partial charge in [-0.3, -0.25) is 9.59 Å². The van der Waals surface area contributed by atoms with Gasteiger partial charge in [0.25, 0.3) is 0 Å². The molecule has 0 aromatic carbocycles. The number of hydrogen-bond donors (Lipinski definition) is 3. The zero-order valence-electron chi connectivity index (χ0n) is 17.1. The lowest BCUT2D eigenvalue weighted by Gasteiger charge is -2.66. The van der Waals surface area contributed by atoms with Gasteiger partial charge < -0.3 is 20.1 Å². The van der Waals surface area contributed by atoms with E-state index in [-0.39, 0.29) is 11.3 Å². The Labute approximate surface area is 166 Å². The third kappa shape index (κ3) is 2.09. The highest BCUT2D eigenvalue weighted by molar-refractivity contribution is 5.94. The lowest BCUT2D eigenvalue weighted by atomic mass is 9.38.